The average molecular weight is 425 g/mol. The topological polar surface area (TPSA) is 102 Å². The van der Waals surface area contributed by atoms with Crippen LogP contribution in [0.5, 0.6) is 5.75 Å². The molecule has 164 valence electrons. The van der Waals surface area contributed by atoms with Gasteiger partial charge in [0.25, 0.3) is 11.6 Å². The van der Waals surface area contributed by atoms with Crippen LogP contribution in [0.2, 0.25) is 0 Å². The minimum Gasteiger partial charge on any atom is -0.478 e. The smallest absolute Gasteiger partial charge is 0.271 e. The molecule has 1 heterocycles. The fourth-order valence-corrected chi connectivity index (χ4v) is 3.72. The molecule has 0 bridgehead atoms. The number of rotatable bonds is 6. The zero-order valence-electron chi connectivity index (χ0n) is 18.3. The Bertz CT molecular complexity index is 1030. The predicted octanol–water partition coefficient (Wildman–Crippen LogP) is 4.24. The summed E-state index contributed by atoms with van der Waals surface area (Å²) in [5, 5.41) is 14.2. The highest BCUT2D eigenvalue weighted by atomic mass is 16.6. The van der Waals surface area contributed by atoms with Gasteiger partial charge < -0.3 is 10.1 Å². The van der Waals surface area contributed by atoms with Gasteiger partial charge in [0.05, 0.1) is 10.6 Å². The summed E-state index contributed by atoms with van der Waals surface area (Å²) in [6.07, 6.45) is -0.0408. The molecule has 0 spiro atoms. The van der Waals surface area contributed by atoms with E-state index < -0.39 is 23.0 Å². The van der Waals surface area contributed by atoms with Gasteiger partial charge >= 0.3 is 0 Å². The molecule has 0 radical (unpaired) electrons. The minimum absolute atomic E-state index is 0.142. The number of non-ortho nitro benzene ring substituents is 1. The quantitative estimate of drug-likeness (QED) is 0.551. The first-order chi connectivity index (χ1) is 14.6. The number of anilines is 2. The second-order valence-electron chi connectivity index (χ2n) is 8.03. The number of hydrogen-bond acceptors (Lipinski definition) is 5. The number of amides is 2. The molecule has 31 heavy (non-hydrogen) atoms. The van der Waals surface area contributed by atoms with E-state index in [0.717, 1.165) is 23.2 Å². The number of nitro groups is 1. The molecule has 8 nitrogen and oxygen atoms in total. The third kappa shape index (κ3) is 4.23. The summed E-state index contributed by atoms with van der Waals surface area (Å²) in [7, 11) is 0. The van der Waals surface area contributed by atoms with E-state index in [1.807, 2.05) is 45.9 Å². The third-order valence-corrected chi connectivity index (χ3v) is 5.51. The summed E-state index contributed by atoms with van der Waals surface area (Å²) in [6.45, 7) is 9.22. The number of nitrogens with zero attached hydrogens (tertiary/aromatic N) is 2. The molecule has 0 saturated carbocycles. The molecular weight excluding hydrogens is 398 g/mol. The fraction of sp³-hybridized carbons (Fsp3) is 0.391. The van der Waals surface area contributed by atoms with Crippen molar-refractivity contribution in [2.75, 3.05) is 10.2 Å². The van der Waals surface area contributed by atoms with Gasteiger partial charge in [0.2, 0.25) is 5.91 Å². The third-order valence-electron chi connectivity index (χ3n) is 5.51. The number of nitro benzene ring substituents is 1. The fourth-order valence-electron chi connectivity index (χ4n) is 3.72. The highest BCUT2D eigenvalue weighted by molar-refractivity contribution is 6.08. The molecule has 8 heteroatoms. The number of para-hydroxylation sites is 1. The van der Waals surface area contributed by atoms with Crippen LogP contribution in [0.25, 0.3) is 0 Å². The molecule has 2 aromatic carbocycles. The molecule has 1 aliphatic heterocycles. The number of fused-ring (bicyclic) bond motifs is 1. The van der Waals surface area contributed by atoms with Gasteiger partial charge in [-0.1, -0.05) is 39.0 Å². The SMILES string of the molecule is CCc1cccc(C)c1NC(=O)C(C)N1C(=O)C(C(C)C)Oc2ccc([N+](=O)[O-])cc21. The molecule has 1 N–H and O–H groups in total. The second kappa shape index (κ2) is 8.75. The van der Waals surface area contributed by atoms with E-state index in [2.05, 4.69) is 5.32 Å². The lowest BCUT2D eigenvalue weighted by molar-refractivity contribution is -0.384. The summed E-state index contributed by atoms with van der Waals surface area (Å²) >= 11 is 0. The first-order valence-electron chi connectivity index (χ1n) is 10.3. The Labute approximate surface area is 181 Å². The molecule has 2 atom stereocenters. The standard InChI is InChI=1S/C23H27N3O5/c1-6-16-9-7-8-14(4)20(16)24-22(27)15(5)25-18-12-17(26(29)30)10-11-19(18)31-21(13(2)3)23(25)28/h7-13,15,21H,6H2,1-5H3,(H,24,27). The molecule has 3 rings (SSSR count). The van der Waals surface area contributed by atoms with Crippen LogP contribution in [0.15, 0.2) is 36.4 Å². The van der Waals surface area contributed by atoms with Crippen LogP contribution in [0.3, 0.4) is 0 Å². The minimum atomic E-state index is -0.900. The maximum Gasteiger partial charge on any atom is 0.271 e. The Kier molecular flexibility index (Phi) is 6.29. The van der Waals surface area contributed by atoms with Crippen LogP contribution in [-0.2, 0) is 16.0 Å². The van der Waals surface area contributed by atoms with Crippen LogP contribution in [-0.4, -0.2) is 28.9 Å². The van der Waals surface area contributed by atoms with E-state index in [0.29, 0.717) is 5.75 Å². The van der Waals surface area contributed by atoms with Gasteiger partial charge in [-0.25, -0.2) is 0 Å². The maximum atomic E-state index is 13.3. The number of ether oxygens (including phenoxy) is 1. The summed E-state index contributed by atoms with van der Waals surface area (Å²) in [6, 6.07) is 8.97. The summed E-state index contributed by atoms with van der Waals surface area (Å²) in [5.41, 5.74) is 2.68. The Balaban J connectivity index is 2.01. The van der Waals surface area contributed by atoms with E-state index >= 15 is 0 Å². The average Bonchev–Trinajstić information content (AvgIpc) is 2.73. The predicted molar refractivity (Wildman–Crippen MR) is 118 cm³/mol. The maximum absolute atomic E-state index is 13.3. The van der Waals surface area contributed by atoms with Crippen LogP contribution in [0, 0.1) is 23.0 Å². The van der Waals surface area contributed by atoms with Crippen molar-refractivity contribution in [3.8, 4) is 5.75 Å². The highest BCUT2D eigenvalue weighted by Crippen LogP contribution is 2.39. The van der Waals surface area contributed by atoms with Crippen molar-refractivity contribution in [1.29, 1.82) is 0 Å². The molecular formula is C23H27N3O5. The highest BCUT2D eigenvalue weighted by Gasteiger charge is 2.41. The number of aryl methyl sites for hydroxylation is 2. The van der Waals surface area contributed by atoms with Crippen LogP contribution >= 0.6 is 0 Å². The van der Waals surface area contributed by atoms with E-state index in [1.165, 1.54) is 23.1 Å². The van der Waals surface area contributed by atoms with E-state index in [-0.39, 0.29) is 23.2 Å². The molecule has 2 unspecified atom stereocenters. The number of carbonyl (C=O) groups is 2. The van der Waals surface area contributed by atoms with Crippen molar-refractivity contribution in [3.05, 3.63) is 57.6 Å². The van der Waals surface area contributed by atoms with E-state index in [4.69, 9.17) is 4.74 Å². The van der Waals surface area contributed by atoms with Crippen molar-refractivity contribution in [2.24, 2.45) is 5.92 Å². The molecule has 2 amide bonds. The van der Waals surface area contributed by atoms with Gasteiger partial charge in [-0.15, -0.1) is 0 Å². The summed E-state index contributed by atoms with van der Waals surface area (Å²) in [5.74, 6) is -0.573. The van der Waals surface area contributed by atoms with Gasteiger partial charge in [-0.05, 0) is 43.4 Å². The molecule has 0 aliphatic carbocycles. The first-order valence-corrected chi connectivity index (χ1v) is 10.3. The first kappa shape index (κ1) is 22.3. The lowest BCUT2D eigenvalue weighted by Gasteiger charge is -2.38. The van der Waals surface area contributed by atoms with Crippen molar-refractivity contribution in [1.82, 2.24) is 0 Å². The summed E-state index contributed by atoms with van der Waals surface area (Å²) in [4.78, 5) is 38.5. The Morgan fingerprint density at radius 1 is 1.26 bits per heavy atom. The number of carbonyl (C=O) groups excluding carboxylic acids is 2. The Hall–Kier alpha value is -3.42. The summed E-state index contributed by atoms with van der Waals surface area (Å²) < 4.78 is 5.83. The Morgan fingerprint density at radius 2 is 1.97 bits per heavy atom. The monoisotopic (exact) mass is 425 g/mol. The lowest BCUT2D eigenvalue weighted by Crippen LogP contribution is -2.55. The van der Waals surface area contributed by atoms with Gasteiger partial charge in [0.1, 0.15) is 11.8 Å². The van der Waals surface area contributed by atoms with Crippen molar-refractivity contribution >= 4 is 28.9 Å². The molecule has 1 aliphatic rings. The molecule has 0 fully saturated rings. The largest absolute Gasteiger partial charge is 0.478 e. The van der Waals surface area contributed by atoms with Gasteiger partial charge in [-0.2, -0.15) is 0 Å². The van der Waals surface area contributed by atoms with Gasteiger partial charge in [0, 0.05) is 17.8 Å². The number of hydrogen-bond donors (Lipinski definition) is 1. The van der Waals surface area contributed by atoms with Crippen molar-refractivity contribution in [3.63, 3.8) is 0 Å². The van der Waals surface area contributed by atoms with Crippen LogP contribution in [0.1, 0.15) is 38.8 Å². The van der Waals surface area contributed by atoms with Crippen molar-refractivity contribution < 1.29 is 19.2 Å². The van der Waals surface area contributed by atoms with Crippen LogP contribution in [0.4, 0.5) is 17.1 Å². The second-order valence-corrected chi connectivity index (χ2v) is 8.03. The van der Waals surface area contributed by atoms with Gasteiger partial charge in [0.15, 0.2) is 6.10 Å². The zero-order valence-corrected chi connectivity index (χ0v) is 18.3. The molecule has 2 aromatic rings. The van der Waals surface area contributed by atoms with Crippen LogP contribution < -0.4 is 15.0 Å². The zero-order chi connectivity index (χ0) is 22.9. The van der Waals surface area contributed by atoms with E-state index in [9.17, 15) is 19.7 Å². The molecule has 0 saturated heterocycles. The van der Waals surface area contributed by atoms with Gasteiger partial charge in [-0.3, -0.25) is 24.6 Å². The number of nitrogens with one attached hydrogen (secondary N) is 1. The van der Waals surface area contributed by atoms with Crippen molar-refractivity contribution in [2.45, 2.75) is 53.2 Å². The Morgan fingerprint density at radius 3 is 2.58 bits per heavy atom. The number of benzene rings is 2. The lowest BCUT2D eigenvalue weighted by atomic mass is 10.0. The normalized spacial score (nSPS) is 16.5. The van der Waals surface area contributed by atoms with E-state index in [1.54, 1.807) is 6.92 Å². The molecule has 0 aromatic heterocycles.